The Labute approximate surface area is 207 Å². The molecule has 1 fully saturated rings. The van der Waals surface area contributed by atoms with Gasteiger partial charge >= 0.3 is 18.2 Å². The van der Waals surface area contributed by atoms with Gasteiger partial charge in [-0.2, -0.15) is 41.9 Å². The van der Waals surface area contributed by atoms with E-state index in [1.807, 2.05) is 0 Å². The van der Waals surface area contributed by atoms with Crippen molar-refractivity contribution in [3.63, 3.8) is 0 Å². The van der Waals surface area contributed by atoms with Gasteiger partial charge in [-0.1, -0.05) is 23.4 Å². The van der Waals surface area contributed by atoms with E-state index in [2.05, 4.69) is 19.6 Å². The van der Waals surface area contributed by atoms with E-state index in [-0.39, 0.29) is 53.7 Å². The van der Waals surface area contributed by atoms with Gasteiger partial charge < -0.3 is 9.42 Å². The first kappa shape index (κ1) is 26.9. The summed E-state index contributed by atoms with van der Waals surface area (Å²) in [5.41, 5.74) is -0.459. The van der Waals surface area contributed by atoms with Crippen LogP contribution in [0.2, 0.25) is 0 Å². The van der Waals surface area contributed by atoms with E-state index < -0.39 is 46.2 Å². The van der Waals surface area contributed by atoms with Gasteiger partial charge in [0.05, 0.1) is 23.0 Å². The van der Waals surface area contributed by atoms with Crippen LogP contribution in [0.25, 0.3) is 11.4 Å². The molecule has 0 unspecified atom stereocenters. The second-order valence-electron chi connectivity index (χ2n) is 8.37. The molecule has 0 bridgehead atoms. The monoisotopic (exact) mass is 550 g/mol. The molecule has 1 atom stereocenters. The Morgan fingerprint density at radius 1 is 1.05 bits per heavy atom. The predicted molar refractivity (Wildman–Crippen MR) is 120 cm³/mol. The van der Waals surface area contributed by atoms with Crippen molar-refractivity contribution in [2.45, 2.75) is 24.7 Å². The predicted octanol–water partition coefficient (Wildman–Crippen LogP) is 5.09. The third-order valence-electron chi connectivity index (χ3n) is 5.77. The standard InChI is InChI=1S/C22H20F6N4O4S/c23-21(24,25)15-3-1-2-13(10-15)17(19(33)32-6-8-37(34,35)9-7-32)11-16-5-4-14(12-29-16)18-30-20(36-31-18)22(26,27)28/h1-5,10,12,17,34-35H,6-9,11H2/t17-/m1/s1. The average molecular weight is 550 g/mol. The van der Waals surface area contributed by atoms with Gasteiger partial charge in [0, 0.05) is 37.0 Å². The summed E-state index contributed by atoms with van der Waals surface area (Å²) in [6.45, 7) is 0.0602. The SMILES string of the molecule is O=C([C@H](Cc1ccc(-c2noc(C(F)(F)F)n2)cn1)c1cccc(C(F)(F)F)c1)N1CCS(O)(O)CC1. The van der Waals surface area contributed by atoms with E-state index in [1.165, 1.54) is 35.4 Å². The summed E-state index contributed by atoms with van der Waals surface area (Å²) in [6, 6.07) is 7.11. The van der Waals surface area contributed by atoms with Crippen LogP contribution in [0, 0.1) is 0 Å². The number of hydrogen-bond donors (Lipinski definition) is 2. The molecule has 0 saturated carbocycles. The van der Waals surface area contributed by atoms with E-state index in [1.54, 1.807) is 0 Å². The van der Waals surface area contributed by atoms with Crippen molar-refractivity contribution in [3.8, 4) is 11.4 Å². The molecule has 1 aliphatic heterocycles. The molecule has 0 radical (unpaired) electrons. The van der Waals surface area contributed by atoms with Crippen LogP contribution in [0.3, 0.4) is 0 Å². The molecule has 0 spiro atoms. The van der Waals surface area contributed by atoms with Crippen LogP contribution in [-0.4, -0.2) is 59.6 Å². The lowest BCUT2D eigenvalue weighted by Gasteiger charge is -2.42. The Morgan fingerprint density at radius 2 is 1.76 bits per heavy atom. The van der Waals surface area contributed by atoms with Gasteiger partial charge in [0.25, 0.3) is 0 Å². The van der Waals surface area contributed by atoms with Crippen molar-refractivity contribution in [1.29, 1.82) is 0 Å². The van der Waals surface area contributed by atoms with E-state index in [9.17, 15) is 40.2 Å². The van der Waals surface area contributed by atoms with Crippen molar-refractivity contribution in [3.05, 3.63) is 65.3 Å². The van der Waals surface area contributed by atoms with Crippen LogP contribution in [0.4, 0.5) is 26.3 Å². The molecule has 3 heterocycles. The normalized spacial score (nSPS) is 17.9. The first-order chi connectivity index (χ1) is 17.2. The van der Waals surface area contributed by atoms with Gasteiger partial charge in [0.1, 0.15) is 0 Å². The fraction of sp³-hybridized carbons (Fsp3) is 0.364. The minimum absolute atomic E-state index is 0.0301. The van der Waals surface area contributed by atoms with Gasteiger partial charge in [0.15, 0.2) is 0 Å². The maximum absolute atomic E-state index is 13.4. The second-order valence-corrected chi connectivity index (χ2v) is 10.8. The van der Waals surface area contributed by atoms with E-state index in [0.29, 0.717) is 0 Å². The van der Waals surface area contributed by atoms with Crippen LogP contribution in [0.5, 0.6) is 0 Å². The molecule has 15 heteroatoms. The summed E-state index contributed by atoms with van der Waals surface area (Å²) in [5, 5.41) is 3.27. The van der Waals surface area contributed by atoms with E-state index in [0.717, 1.165) is 12.1 Å². The molecular weight excluding hydrogens is 530 g/mol. The van der Waals surface area contributed by atoms with Crippen LogP contribution >= 0.6 is 10.6 Å². The molecule has 3 aromatic rings. The first-order valence-corrected chi connectivity index (χ1v) is 12.7. The zero-order valence-corrected chi connectivity index (χ0v) is 19.6. The molecule has 2 N–H and O–H groups in total. The lowest BCUT2D eigenvalue weighted by molar-refractivity contribution is -0.159. The molecule has 4 rings (SSSR count). The van der Waals surface area contributed by atoms with Crippen molar-refractivity contribution in [2.24, 2.45) is 0 Å². The number of benzene rings is 1. The lowest BCUT2D eigenvalue weighted by atomic mass is 9.91. The molecule has 2 aromatic heterocycles. The summed E-state index contributed by atoms with van der Waals surface area (Å²) >= 11 is 0. The summed E-state index contributed by atoms with van der Waals surface area (Å²) in [7, 11) is -2.81. The van der Waals surface area contributed by atoms with Gasteiger partial charge in [0.2, 0.25) is 11.7 Å². The molecule has 8 nitrogen and oxygen atoms in total. The highest BCUT2D eigenvalue weighted by Gasteiger charge is 2.39. The fourth-order valence-electron chi connectivity index (χ4n) is 3.79. The van der Waals surface area contributed by atoms with Crippen molar-refractivity contribution >= 4 is 16.5 Å². The fourth-order valence-corrected chi connectivity index (χ4v) is 5.02. The number of pyridine rings is 1. The Kier molecular flexibility index (Phi) is 7.23. The number of carbonyl (C=O) groups excluding carboxylic acids is 1. The Bertz CT molecular complexity index is 1250. The van der Waals surface area contributed by atoms with Crippen LogP contribution < -0.4 is 0 Å². The third kappa shape index (κ3) is 6.40. The number of nitrogens with zero attached hydrogens (tertiary/aromatic N) is 4. The Morgan fingerprint density at radius 3 is 2.32 bits per heavy atom. The van der Waals surface area contributed by atoms with Gasteiger partial charge in [-0.05, 0) is 23.8 Å². The molecule has 1 aliphatic rings. The number of halogens is 6. The maximum Gasteiger partial charge on any atom is 0.471 e. The molecule has 37 heavy (non-hydrogen) atoms. The number of hydrogen-bond acceptors (Lipinski definition) is 7. The highest BCUT2D eigenvalue weighted by atomic mass is 32.3. The summed E-state index contributed by atoms with van der Waals surface area (Å²) < 4.78 is 102. The molecule has 1 amide bonds. The zero-order chi connectivity index (χ0) is 27.0. The van der Waals surface area contributed by atoms with Crippen molar-refractivity contribution < 1.29 is 44.8 Å². The van der Waals surface area contributed by atoms with E-state index >= 15 is 0 Å². The minimum Gasteiger partial charge on any atom is -0.339 e. The molecule has 0 aliphatic carbocycles. The maximum atomic E-state index is 13.4. The number of amides is 1. The number of aromatic nitrogens is 3. The lowest BCUT2D eigenvalue weighted by Crippen LogP contribution is -2.44. The van der Waals surface area contributed by atoms with E-state index in [4.69, 9.17) is 0 Å². The number of carbonyl (C=O) groups is 1. The highest BCUT2D eigenvalue weighted by molar-refractivity contribution is 8.24. The topological polar surface area (TPSA) is 113 Å². The first-order valence-electron chi connectivity index (χ1n) is 10.8. The Balaban J connectivity index is 1.61. The average Bonchev–Trinajstić information content (AvgIpc) is 3.33. The summed E-state index contributed by atoms with van der Waals surface area (Å²) in [5.74, 6) is -3.54. The second kappa shape index (κ2) is 9.95. The van der Waals surface area contributed by atoms with Gasteiger partial charge in [-0.3, -0.25) is 18.9 Å². The number of rotatable bonds is 5. The summed E-state index contributed by atoms with van der Waals surface area (Å²) in [6.07, 6.45) is -8.40. The van der Waals surface area contributed by atoms with Crippen molar-refractivity contribution in [1.82, 2.24) is 20.0 Å². The minimum atomic E-state index is -4.82. The quantitative estimate of drug-likeness (QED) is 0.426. The highest BCUT2D eigenvalue weighted by Crippen LogP contribution is 2.41. The smallest absolute Gasteiger partial charge is 0.339 e. The van der Waals surface area contributed by atoms with Crippen LogP contribution in [-0.2, 0) is 23.6 Å². The summed E-state index contributed by atoms with van der Waals surface area (Å²) in [4.78, 5) is 22.2. The van der Waals surface area contributed by atoms with Crippen LogP contribution in [0.15, 0.2) is 47.1 Å². The Hall–Kier alpha value is -3.17. The molecular formula is C22H20F6N4O4S. The number of alkyl halides is 6. The largest absolute Gasteiger partial charge is 0.471 e. The zero-order valence-electron chi connectivity index (χ0n) is 18.8. The van der Waals surface area contributed by atoms with Gasteiger partial charge in [-0.15, -0.1) is 0 Å². The third-order valence-corrected chi connectivity index (χ3v) is 7.44. The van der Waals surface area contributed by atoms with Crippen molar-refractivity contribution in [2.75, 3.05) is 24.6 Å². The van der Waals surface area contributed by atoms with Crippen LogP contribution in [0.1, 0.15) is 28.6 Å². The molecule has 1 saturated heterocycles. The molecule has 200 valence electrons. The van der Waals surface area contributed by atoms with Gasteiger partial charge in [-0.25, -0.2) is 0 Å². The molecule has 1 aromatic carbocycles.